The summed E-state index contributed by atoms with van der Waals surface area (Å²) in [4.78, 5) is 7.85. The highest BCUT2D eigenvalue weighted by Gasteiger charge is 2.32. The molecule has 288 valence electrons. The lowest BCUT2D eigenvalue weighted by molar-refractivity contribution is 0.0846. The number of rotatable bonds is 21. The molecule has 0 radical (unpaired) electrons. The van der Waals surface area contributed by atoms with Gasteiger partial charge < -0.3 is 14.7 Å². The van der Waals surface area contributed by atoms with Crippen molar-refractivity contribution in [1.82, 2.24) is 14.7 Å². The minimum Gasteiger partial charge on any atom is -0.301 e. The van der Waals surface area contributed by atoms with Gasteiger partial charge in [0.15, 0.2) is 0 Å². The van der Waals surface area contributed by atoms with Crippen molar-refractivity contribution in [3.8, 4) is 0 Å². The molecule has 3 rings (SSSR count). The van der Waals surface area contributed by atoms with E-state index in [0.29, 0.717) is 18.1 Å². The van der Waals surface area contributed by atoms with Crippen LogP contribution >= 0.6 is 0 Å². The molecule has 3 aliphatic carbocycles. The van der Waals surface area contributed by atoms with Crippen LogP contribution in [0.4, 0.5) is 0 Å². The molecule has 0 N–H and O–H groups in total. The summed E-state index contributed by atoms with van der Waals surface area (Å²) in [6.45, 7) is 28.0. The van der Waals surface area contributed by atoms with Gasteiger partial charge in [-0.3, -0.25) is 0 Å². The summed E-state index contributed by atoms with van der Waals surface area (Å²) in [7, 11) is 6.97. The third kappa shape index (κ3) is 17.9. The van der Waals surface area contributed by atoms with Crippen LogP contribution < -0.4 is 0 Å². The smallest absolute Gasteiger partial charge is 0.0123 e. The van der Waals surface area contributed by atoms with Crippen LogP contribution in [0.15, 0.2) is 0 Å². The Morgan fingerprint density at radius 1 is 0.354 bits per heavy atom. The van der Waals surface area contributed by atoms with E-state index < -0.39 is 0 Å². The van der Waals surface area contributed by atoms with Crippen molar-refractivity contribution in [1.29, 1.82) is 0 Å². The van der Waals surface area contributed by atoms with Crippen molar-refractivity contribution >= 4 is 0 Å². The highest BCUT2D eigenvalue weighted by molar-refractivity contribution is 4.87. The van der Waals surface area contributed by atoms with Gasteiger partial charge in [-0.05, 0) is 156 Å². The van der Waals surface area contributed by atoms with Gasteiger partial charge in [-0.1, -0.05) is 99.3 Å². The summed E-state index contributed by atoms with van der Waals surface area (Å²) in [6.07, 6.45) is 25.9. The fourth-order valence-electron chi connectivity index (χ4n) is 8.14. The Labute approximate surface area is 305 Å². The second-order valence-electron chi connectivity index (χ2n) is 19.0. The molecule has 3 fully saturated rings. The molecule has 3 atom stereocenters. The summed E-state index contributed by atoms with van der Waals surface area (Å²) in [5.41, 5.74) is 0. The number of hydrogen-bond donors (Lipinski definition) is 0. The minimum absolute atomic E-state index is 0.699. The topological polar surface area (TPSA) is 9.72 Å². The zero-order chi connectivity index (χ0) is 36.4. The van der Waals surface area contributed by atoms with E-state index in [1.807, 2.05) is 0 Å². The molecule has 0 aromatic heterocycles. The van der Waals surface area contributed by atoms with Crippen LogP contribution in [0.5, 0.6) is 0 Å². The molecule has 0 bridgehead atoms. The summed E-state index contributed by atoms with van der Waals surface area (Å²) < 4.78 is 0. The normalized spacial score (nSPS) is 19.5. The molecule has 0 aromatic carbocycles. The van der Waals surface area contributed by atoms with Crippen LogP contribution in [-0.2, 0) is 0 Å². The SMILES string of the molecule is CC(C)CCCC(C1CCC1)N(C)C(C)C.CC(C)CCC[C@@H](C1CCC1)N(C)C(C)C.CC(C)CCC[C@H](C1CCC1)N(C)C(C)C. The number of hydrogen-bond acceptors (Lipinski definition) is 3. The molecule has 0 amide bonds. The van der Waals surface area contributed by atoms with E-state index in [2.05, 4.69) is 119 Å². The second-order valence-corrected chi connectivity index (χ2v) is 19.0. The Bertz CT molecular complexity index is 645. The Morgan fingerprint density at radius 3 is 0.688 bits per heavy atom. The van der Waals surface area contributed by atoms with E-state index >= 15 is 0 Å². The standard InChI is InChI=1S/3C15H31N/c3*1-12(2)8-6-11-15(14-9-7-10-14)16(5)13(3)4/h3*12-15H,6-11H2,1-5H3/t2*15-;/m10./s1. The quantitative estimate of drug-likeness (QED) is 0.120. The van der Waals surface area contributed by atoms with Crippen molar-refractivity contribution in [3.05, 3.63) is 0 Å². The van der Waals surface area contributed by atoms with Gasteiger partial charge in [0.05, 0.1) is 0 Å². The second kappa shape index (κ2) is 25.0. The summed E-state index contributed by atoms with van der Waals surface area (Å²) in [5, 5.41) is 0. The number of nitrogens with zero attached hydrogens (tertiary/aromatic N) is 3. The third-order valence-corrected chi connectivity index (χ3v) is 12.9. The van der Waals surface area contributed by atoms with E-state index in [1.54, 1.807) is 0 Å². The van der Waals surface area contributed by atoms with Gasteiger partial charge in [0.1, 0.15) is 0 Å². The molecule has 0 saturated heterocycles. The molecule has 0 aromatic rings. The van der Waals surface area contributed by atoms with Crippen LogP contribution in [0.3, 0.4) is 0 Å². The maximum atomic E-state index is 2.62. The molecular weight excluding hydrogens is 583 g/mol. The monoisotopic (exact) mass is 676 g/mol. The lowest BCUT2D eigenvalue weighted by Crippen LogP contribution is -2.44. The molecule has 0 aliphatic heterocycles. The van der Waals surface area contributed by atoms with Gasteiger partial charge in [0.25, 0.3) is 0 Å². The third-order valence-electron chi connectivity index (χ3n) is 12.9. The molecule has 0 heterocycles. The molecule has 0 spiro atoms. The predicted octanol–water partition coefficient (Wildman–Crippen LogP) is 13.0. The maximum absolute atomic E-state index is 2.62. The Hall–Kier alpha value is -0.120. The minimum atomic E-state index is 0.699. The Balaban J connectivity index is 0.000000360. The van der Waals surface area contributed by atoms with Crippen LogP contribution in [0.2, 0.25) is 0 Å². The molecule has 48 heavy (non-hydrogen) atoms. The predicted molar refractivity (Wildman–Crippen MR) is 218 cm³/mol. The van der Waals surface area contributed by atoms with E-state index in [9.17, 15) is 0 Å². The van der Waals surface area contributed by atoms with E-state index in [0.717, 1.165) is 53.6 Å². The first-order valence-corrected chi connectivity index (χ1v) is 21.7. The highest BCUT2D eigenvalue weighted by atomic mass is 15.2. The van der Waals surface area contributed by atoms with Gasteiger partial charge in [-0.15, -0.1) is 0 Å². The highest BCUT2D eigenvalue weighted by Crippen LogP contribution is 2.37. The summed E-state index contributed by atoms with van der Waals surface area (Å²) in [6, 6.07) is 4.66. The molecule has 3 nitrogen and oxygen atoms in total. The average Bonchev–Trinajstić information content (AvgIpc) is 2.91. The van der Waals surface area contributed by atoms with Gasteiger partial charge in [-0.25, -0.2) is 0 Å². The van der Waals surface area contributed by atoms with Crippen LogP contribution in [-0.4, -0.2) is 72.1 Å². The van der Waals surface area contributed by atoms with Crippen molar-refractivity contribution in [2.75, 3.05) is 21.1 Å². The van der Waals surface area contributed by atoms with Crippen LogP contribution in [0.1, 0.15) is 199 Å². The lowest BCUT2D eigenvalue weighted by Gasteiger charge is -2.41. The fourth-order valence-corrected chi connectivity index (χ4v) is 8.14. The molecular formula is C45H93N3. The molecule has 3 aliphatic rings. The van der Waals surface area contributed by atoms with Gasteiger partial charge in [0.2, 0.25) is 0 Å². The largest absolute Gasteiger partial charge is 0.301 e. The Kier molecular flexibility index (Phi) is 23.9. The zero-order valence-corrected chi connectivity index (χ0v) is 36.0. The fraction of sp³-hybridized carbons (Fsp3) is 1.00. The van der Waals surface area contributed by atoms with E-state index in [-0.39, 0.29) is 0 Å². The summed E-state index contributed by atoms with van der Waals surface area (Å²) in [5.74, 6) is 5.60. The van der Waals surface area contributed by atoms with Crippen molar-refractivity contribution < 1.29 is 0 Å². The van der Waals surface area contributed by atoms with Gasteiger partial charge in [-0.2, -0.15) is 0 Å². The van der Waals surface area contributed by atoms with E-state index in [1.165, 1.54) is 116 Å². The van der Waals surface area contributed by atoms with Crippen molar-refractivity contribution in [2.24, 2.45) is 35.5 Å². The molecule has 3 heteroatoms. The first-order chi connectivity index (χ1) is 22.6. The summed E-state index contributed by atoms with van der Waals surface area (Å²) >= 11 is 0. The average molecular weight is 676 g/mol. The van der Waals surface area contributed by atoms with Crippen LogP contribution in [0.25, 0.3) is 0 Å². The van der Waals surface area contributed by atoms with Gasteiger partial charge in [0, 0.05) is 36.3 Å². The first kappa shape index (κ1) is 45.9. The zero-order valence-electron chi connectivity index (χ0n) is 36.0. The molecule has 3 saturated carbocycles. The Morgan fingerprint density at radius 2 is 0.562 bits per heavy atom. The maximum Gasteiger partial charge on any atom is 0.0123 e. The van der Waals surface area contributed by atoms with Crippen molar-refractivity contribution in [2.45, 2.75) is 235 Å². The molecule has 1 unspecified atom stereocenters. The van der Waals surface area contributed by atoms with Crippen molar-refractivity contribution in [3.63, 3.8) is 0 Å². The van der Waals surface area contributed by atoms with Crippen LogP contribution in [0, 0.1) is 35.5 Å². The van der Waals surface area contributed by atoms with E-state index in [4.69, 9.17) is 0 Å². The first-order valence-electron chi connectivity index (χ1n) is 21.7. The van der Waals surface area contributed by atoms with Gasteiger partial charge >= 0.3 is 0 Å². The lowest BCUT2D eigenvalue weighted by atomic mass is 9.77.